The van der Waals surface area contributed by atoms with Crippen molar-refractivity contribution in [1.82, 2.24) is 5.43 Å². The van der Waals surface area contributed by atoms with Gasteiger partial charge in [-0.05, 0) is 30.3 Å². The van der Waals surface area contributed by atoms with Crippen LogP contribution < -0.4 is 10.7 Å². The molecule has 0 heterocycles. The number of nitro benzene ring substituents is 1. The van der Waals surface area contributed by atoms with Gasteiger partial charge in [0, 0.05) is 29.6 Å². The molecule has 2 aromatic carbocycles. The van der Waals surface area contributed by atoms with Gasteiger partial charge < -0.3 is 10.4 Å². The van der Waals surface area contributed by atoms with Gasteiger partial charge in [-0.1, -0.05) is 11.6 Å². The second-order valence-corrected chi connectivity index (χ2v) is 6.10. The van der Waals surface area contributed by atoms with Gasteiger partial charge in [0.25, 0.3) is 5.69 Å². The number of halogens is 4. The van der Waals surface area contributed by atoms with Crippen LogP contribution in [0, 0.1) is 10.1 Å². The number of phenols is 1. The summed E-state index contributed by atoms with van der Waals surface area (Å²) in [6, 6.07) is 6.31. The zero-order valence-corrected chi connectivity index (χ0v) is 15.3. The molecule has 0 unspecified atom stereocenters. The van der Waals surface area contributed by atoms with Crippen molar-refractivity contribution in [3.05, 3.63) is 62.7 Å². The zero-order chi connectivity index (χ0) is 21.6. The Morgan fingerprint density at radius 2 is 2.00 bits per heavy atom. The molecule has 0 atom stereocenters. The minimum absolute atomic E-state index is 0.0873. The molecule has 154 valence electrons. The summed E-state index contributed by atoms with van der Waals surface area (Å²) in [7, 11) is 0. The Hall–Kier alpha value is -3.34. The quantitative estimate of drug-likeness (QED) is 0.349. The lowest BCUT2D eigenvalue weighted by Gasteiger charge is -2.10. The lowest BCUT2D eigenvalue weighted by molar-refractivity contribution is -0.384. The first-order valence-electron chi connectivity index (χ1n) is 7.98. The molecule has 0 aliphatic rings. The van der Waals surface area contributed by atoms with Crippen LogP contribution in [0.4, 0.5) is 24.5 Å². The molecule has 2 rings (SSSR count). The van der Waals surface area contributed by atoms with E-state index in [0.717, 1.165) is 6.07 Å². The third-order valence-corrected chi connectivity index (χ3v) is 3.81. The maximum atomic E-state index is 12.7. The minimum Gasteiger partial charge on any atom is -0.507 e. The van der Waals surface area contributed by atoms with Crippen molar-refractivity contribution in [2.45, 2.75) is 12.6 Å². The number of alkyl halides is 3. The number of carbonyl (C=O) groups is 1. The Morgan fingerprint density at radius 3 is 2.66 bits per heavy atom. The van der Waals surface area contributed by atoms with Gasteiger partial charge in [0.1, 0.15) is 11.4 Å². The van der Waals surface area contributed by atoms with E-state index in [1.54, 1.807) is 0 Å². The maximum absolute atomic E-state index is 12.7. The van der Waals surface area contributed by atoms with Crippen LogP contribution in [0.5, 0.6) is 5.75 Å². The predicted octanol–water partition coefficient (Wildman–Crippen LogP) is 3.92. The van der Waals surface area contributed by atoms with Crippen molar-refractivity contribution >= 4 is 35.1 Å². The number of anilines is 1. The minimum atomic E-state index is -4.71. The van der Waals surface area contributed by atoms with E-state index in [9.17, 15) is 33.2 Å². The number of hydrogen-bond donors (Lipinski definition) is 3. The highest BCUT2D eigenvalue weighted by atomic mass is 35.5. The summed E-state index contributed by atoms with van der Waals surface area (Å²) in [6.07, 6.45) is -3.71. The number of rotatable bonds is 7. The van der Waals surface area contributed by atoms with Gasteiger partial charge in [0.2, 0.25) is 5.91 Å². The van der Waals surface area contributed by atoms with Crippen molar-refractivity contribution in [3.8, 4) is 5.75 Å². The fourth-order valence-electron chi connectivity index (χ4n) is 2.18. The molecule has 0 saturated carbocycles. The number of carbonyl (C=O) groups excluding carboxylic acids is 1. The van der Waals surface area contributed by atoms with Gasteiger partial charge in [-0.3, -0.25) is 14.9 Å². The number of amides is 1. The van der Waals surface area contributed by atoms with E-state index in [2.05, 4.69) is 15.8 Å². The second-order valence-electron chi connectivity index (χ2n) is 5.66. The Labute approximate surface area is 167 Å². The normalized spacial score (nSPS) is 11.4. The summed E-state index contributed by atoms with van der Waals surface area (Å²) in [5.41, 5.74) is 0.407. The Morgan fingerprint density at radius 1 is 1.28 bits per heavy atom. The van der Waals surface area contributed by atoms with Crippen molar-refractivity contribution < 1.29 is 28.0 Å². The number of benzene rings is 2. The zero-order valence-electron chi connectivity index (χ0n) is 14.5. The van der Waals surface area contributed by atoms with E-state index in [4.69, 9.17) is 11.6 Å². The fourth-order valence-corrected chi connectivity index (χ4v) is 2.36. The first kappa shape index (κ1) is 22.0. The number of nitrogens with zero attached hydrogens (tertiary/aromatic N) is 2. The molecular weight excluding hydrogens is 417 g/mol. The number of hydrogen-bond acceptors (Lipinski definition) is 6. The molecule has 12 heteroatoms. The highest BCUT2D eigenvalue weighted by Crippen LogP contribution is 2.34. The van der Waals surface area contributed by atoms with Crippen LogP contribution in [0.2, 0.25) is 5.02 Å². The summed E-state index contributed by atoms with van der Waals surface area (Å²) in [5, 5.41) is 27.2. The first-order valence-corrected chi connectivity index (χ1v) is 8.35. The van der Waals surface area contributed by atoms with Gasteiger partial charge in [0.05, 0.1) is 16.7 Å². The van der Waals surface area contributed by atoms with Gasteiger partial charge in [-0.25, -0.2) is 5.43 Å². The monoisotopic (exact) mass is 430 g/mol. The topological polar surface area (TPSA) is 117 Å². The molecule has 3 N–H and O–H groups in total. The first-order chi connectivity index (χ1) is 13.6. The summed E-state index contributed by atoms with van der Waals surface area (Å²) in [6.45, 7) is -0.0873. The second kappa shape index (κ2) is 9.24. The van der Waals surface area contributed by atoms with Crippen molar-refractivity contribution in [3.63, 3.8) is 0 Å². The average Bonchev–Trinajstić information content (AvgIpc) is 2.63. The molecule has 8 nitrogen and oxygen atoms in total. The van der Waals surface area contributed by atoms with Crippen LogP contribution in [0.1, 0.15) is 17.5 Å². The molecule has 29 heavy (non-hydrogen) atoms. The molecule has 0 aliphatic heterocycles. The van der Waals surface area contributed by atoms with E-state index in [-0.39, 0.29) is 30.0 Å². The Kier molecular flexibility index (Phi) is 6.99. The van der Waals surface area contributed by atoms with Crippen LogP contribution >= 0.6 is 11.6 Å². The van der Waals surface area contributed by atoms with Crippen LogP contribution in [0.3, 0.4) is 0 Å². The van der Waals surface area contributed by atoms with Gasteiger partial charge in [-0.2, -0.15) is 18.3 Å². The molecular formula is C17H14ClF3N4O4. The molecule has 0 aromatic heterocycles. The smallest absolute Gasteiger partial charge is 0.416 e. The maximum Gasteiger partial charge on any atom is 0.416 e. The molecule has 0 aliphatic carbocycles. The lowest BCUT2D eigenvalue weighted by Crippen LogP contribution is -2.21. The summed E-state index contributed by atoms with van der Waals surface area (Å²) in [5.74, 6) is -0.659. The fraction of sp³-hybridized carbons (Fsp3) is 0.176. The van der Waals surface area contributed by atoms with E-state index in [1.165, 1.54) is 24.4 Å². The molecule has 0 saturated heterocycles. The number of nitrogens with one attached hydrogen (secondary N) is 2. The summed E-state index contributed by atoms with van der Waals surface area (Å²) in [4.78, 5) is 21.8. The van der Waals surface area contributed by atoms with Crippen molar-refractivity contribution in [1.29, 1.82) is 0 Å². The highest BCUT2D eigenvalue weighted by molar-refractivity contribution is 6.30. The van der Waals surface area contributed by atoms with E-state index in [0.29, 0.717) is 17.2 Å². The number of nitro groups is 1. The molecule has 0 radical (unpaired) electrons. The van der Waals surface area contributed by atoms with Crippen molar-refractivity contribution in [2.24, 2.45) is 5.10 Å². The van der Waals surface area contributed by atoms with Gasteiger partial charge in [-0.15, -0.1) is 0 Å². The number of hydrazone groups is 1. The lowest BCUT2D eigenvalue weighted by atomic mass is 10.1. The average molecular weight is 431 g/mol. The third-order valence-electron chi connectivity index (χ3n) is 3.57. The van der Waals surface area contributed by atoms with E-state index in [1.807, 2.05) is 0 Å². The van der Waals surface area contributed by atoms with Gasteiger partial charge >= 0.3 is 6.18 Å². The van der Waals surface area contributed by atoms with Crippen LogP contribution in [0.15, 0.2) is 41.5 Å². The SMILES string of the molecule is O=C(CCNc1ccc(C(F)(F)F)cc1[N+](=O)[O-])NN=Cc1cc(Cl)ccc1O. The van der Waals surface area contributed by atoms with E-state index >= 15 is 0 Å². The highest BCUT2D eigenvalue weighted by Gasteiger charge is 2.33. The standard InChI is InChI=1S/C17H14ClF3N4O4/c18-12-2-4-15(26)10(7-12)9-23-24-16(27)5-6-22-13-3-1-11(17(19,20)21)8-14(13)25(28)29/h1-4,7-9,22,26H,5-6H2,(H,24,27). The van der Waals surface area contributed by atoms with Crippen LogP contribution in [-0.4, -0.2) is 28.7 Å². The summed E-state index contributed by atoms with van der Waals surface area (Å²) < 4.78 is 38.0. The molecule has 0 bridgehead atoms. The Bertz CT molecular complexity index is 951. The van der Waals surface area contributed by atoms with Gasteiger partial charge in [0.15, 0.2) is 0 Å². The number of phenolic OH excluding ortho intramolecular Hbond substituents is 1. The molecule has 2 aromatic rings. The molecule has 0 spiro atoms. The largest absolute Gasteiger partial charge is 0.507 e. The van der Waals surface area contributed by atoms with Crippen molar-refractivity contribution in [2.75, 3.05) is 11.9 Å². The van der Waals surface area contributed by atoms with Crippen LogP contribution in [0.25, 0.3) is 0 Å². The molecule has 0 fully saturated rings. The summed E-state index contributed by atoms with van der Waals surface area (Å²) >= 11 is 5.78. The Balaban J connectivity index is 1.92. The molecule has 1 amide bonds. The number of aromatic hydroxyl groups is 1. The van der Waals surface area contributed by atoms with Crippen LogP contribution in [-0.2, 0) is 11.0 Å². The predicted molar refractivity (Wildman–Crippen MR) is 100 cm³/mol. The third kappa shape index (κ3) is 6.35. The van der Waals surface area contributed by atoms with E-state index < -0.39 is 28.3 Å².